The fourth-order valence-electron chi connectivity index (χ4n) is 4.18. The molecule has 1 amide bonds. The summed E-state index contributed by atoms with van der Waals surface area (Å²) in [6.07, 6.45) is 4.32. The smallest absolute Gasteiger partial charge is 0.270 e. The minimum absolute atomic E-state index is 0.0669. The summed E-state index contributed by atoms with van der Waals surface area (Å²) in [5, 5.41) is 10.4. The normalized spacial score (nSPS) is 17.6. The molecule has 8 heteroatoms. The highest BCUT2D eigenvalue weighted by atomic mass is 32.1. The van der Waals surface area contributed by atoms with Crippen LogP contribution in [0.25, 0.3) is 5.13 Å². The van der Waals surface area contributed by atoms with E-state index >= 15 is 0 Å². The van der Waals surface area contributed by atoms with E-state index in [-0.39, 0.29) is 5.91 Å². The number of hydrogen-bond acceptors (Lipinski definition) is 6. The van der Waals surface area contributed by atoms with Crippen molar-refractivity contribution in [3.8, 4) is 5.13 Å². The number of anilines is 1. The summed E-state index contributed by atoms with van der Waals surface area (Å²) in [5.41, 5.74) is 1.98. The Morgan fingerprint density at radius 3 is 2.37 bits per heavy atom. The molecule has 2 fully saturated rings. The van der Waals surface area contributed by atoms with Crippen molar-refractivity contribution in [1.29, 1.82) is 0 Å². The van der Waals surface area contributed by atoms with E-state index in [4.69, 9.17) is 0 Å². The van der Waals surface area contributed by atoms with Crippen molar-refractivity contribution >= 4 is 22.4 Å². The SMILES string of the molecule is O=C(c1cccn1-c1nnc(N2CCCC2)s1)N1CCN(Cc2ccccc2)CC1. The number of nitrogens with zero attached hydrogens (tertiary/aromatic N) is 6. The van der Waals surface area contributed by atoms with E-state index in [2.05, 4.69) is 44.3 Å². The van der Waals surface area contributed by atoms with Gasteiger partial charge < -0.3 is 9.80 Å². The van der Waals surface area contributed by atoms with Gasteiger partial charge in [-0.25, -0.2) is 0 Å². The lowest BCUT2D eigenvalue weighted by Crippen LogP contribution is -2.48. The topological polar surface area (TPSA) is 57.5 Å². The van der Waals surface area contributed by atoms with Gasteiger partial charge in [0.1, 0.15) is 5.69 Å². The van der Waals surface area contributed by atoms with E-state index in [1.807, 2.05) is 33.9 Å². The van der Waals surface area contributed by atoms with E-state index in [1.54, 1.807) is 11.3 Å². The van der Waals surface area contributed by atoms with Crippen LogP contribution >= 0.6 is 11.3 Å². The number of aromatic nitrogens is 3. The van der Waals surface area contributed by atoms with Crippen molar-refractivity contribution in [2.75, 3.05) is 44.2 Å². The fraction of sp³-hybridized carbons (Fsp3) is 0.409. The van der Waals surface area contributed by atoms with Gasteiger partial charge in [0.05, 0.1) is 0 Å². The maximum absolute atomic E-state index is 13.2. The molecule has 0 spiro atoms. The van der Waals surface area contributed by atoms with Gasteiger partial charge in [0.25, 0.3) is 5.91 Å². The Morgan fingerprint density at radius 2 is 1.60 bits per heavy atom. The Morgan fingerprint density at radius 1 is 0.867 bits per heavy atom. The molecular weight excluding hydrogens is 396 g/mol. The summed E-state index contributed by atoms with van der Waals surface area (Å²) in [6.45, 7) is 6.28. The number of hydrogen-bond donors (Lipinski definition) is 0. The first-order valence-corrected chi connectivity index (χ1v) is 11.4. The van der Waals surface area contributed by atoms with Crippen LogP contribution in [0.4, 0.5) is 5.13 Å². The summed E-state index contributed by atoms with van der Waals surface area (Å²) in [7, 11) is 0. The standard InChI is InChI=1S/C22H26N6OS/c29-20(26-15-13-25(14-16-26)17-18-7-2-1-3-8-18)19-9-6-12-28(19)22-24-23-21(30-22)27-10-4-5-11-27/h1-3,6-9,12H,4-5,10-11,13-17H2. The van der Waals surface area contributed by atoms with Crippen LogP contribution in [0.15, 0.2) is 48.7 Å². The maximum atomic E-state index is 13.2. The highest BCUT2D eigenvalue weighted by Gasteiger charge is 2.25. The number of amides is 1. The second-order valence-electron chi connectivity index (χ2n) is 7.88. The van der Waals surface area contributed by atoms with E-state index in [9.17, 15) is 4.79 Å². The van der Waals surface area contributed by atoms with Crippen LogP contribution < -0.4 is 4.90 Å². The molecule has 156 valence electrons. The van der Waals surface area contributed by atoms with Gasteiger partial charge in [-0.2, -0.15) is 0 Å². The molecule has 2 saturated heterocycles. The predicted molar refractivity (Wildman–Crippen MR) is 118 cm³/mol. The summed E-state index contributed by atoms with van der Waals surface area (Å²) in [5.74, 6) is 0.0669. The number of carbonyl (C=O) groups excluding carboxylic acids is 1. The zero-order valence-corrected chi connectivity index (χ0v) is 17.8. The van der Waals surface area contributed by atoms with E-state index in [0.717, 1.165) is 56.1 Å². The third-order valence-corrected chi connectivity index (χ3v) is 6.85. The van der Waals surface area contributed by atoms with Gasteiger partial charge in [-0.15, -0.1) is 10.2 Å². The zero-order valence-electron chi connectivity index (χ0n) is 17.0. The number of rotatable bonds is 5. The summed E-state index contributed by atoms with van der Waals surface area (Å²) < 4.78 is 1.88. The number of piperazine rings is 1. The predicted octanol–water partition coefficient (Wildman–Crippen LogP) is 2.89. The molecule has 3 aromatic rings. The minimum atomic E-state index is 0.0669. The van der Waals surface area contributed by atoms with Crippen LogP contribution in [-0.4, -0.2) is 69.7 Å². The van der Waals surface area contributed by atoms with Crippen LogP contribution in [0.5, 0.6) is 0 Å². The Hall–Kier alpha value is -2.71. The molecule has 2 aliphatic rings. The van der Waals surface area contributed by atoms with Crippen molar-refractivity contribution in [1.82, 2.24) is 24.6 Å². The van der Waals surface area contributed by atoms with Crippen molar-refractivity contribution in [3.05, 3.63) is 59.9 Å². The number of carbonyl (C=O) groups is 1. The van der Waals surface area contributed by atoms with Gasteiger partial charge in [-0.3, -0.25) is 14.3 Å². The molecule has 0 atom stereocenters. The molecule has 7 nitrogen and oxygen atoms in total. The molecule has 4 heterocycles. The molecule has 0 saturated carbocycles. The van der Waals surface area contributed by atoms with Gasteiger partial charge in [-0.1, -0.05) is 41.7 Å². The summed E-state index contributed by atoms with van der Waals surface area (Å²) in [4.78, 5) is 19.9. The summed E-state index contributed by atoms with van der Waals surface area (Å²) >= 11 is 1.56. The number of benzene rings is 1. The Labute approximate surface area is 180 Å². The van der Waals surface area contributed by atoms with Gasteiger partial charge in [0, 0.05) is 52.0 Å². The minimum Gasteiger partial charge on any atom is -0.347 e. The molecule has 0 bridgehead atoms. The molecule has 0 radical (unpaired) electrons. The average molecular weight is 423 g/mol. The van der Waals surface area contributed by atoms with Crippen LogP contribution in [0.1, 0.15) is 28.9 Å². The van der Waals surface area contributed by atoms with Gasteiger partial charge >= 0.3 is 0 Å². The maximum Gasteiger partial charge on any atom is 0.270 e. The molecule has 1 aromatic carbocycles. The largest absolute Gasteiger partial charge is 0.347 e. The lowest BCUT2D eigenvalue weighted by molar-refractivity contribution is 0.0620. The van der Waals surface area contributed by atoms with Crippen LogP contribution in [-0.2, 0) is 6.54 Å². The first-order chi connectivity index (χ1) is 14.8. The van der Waals surface area contributed by atoms with Gasteiger partial charge in [0.15, 0.2) is 0 Å². The third kappa shape index (κ3) is 3.97. The van der Waals surface area contributed by atoms with Crippen molar-refractivity contribution < 1.29 is 4.79 Å². The Balaban J connectivity index is 1.24. The molecule has 2 aliphatic heterocycles. The zero-order chi connectivity index (χ0) is 20.3. The Bertz CT molecular complexity index is 986. The lowest BCUT2D eigenvalue weighted by atomic mass is 10.2. The van der Waals surface area contributed by atoms with Gasteiger partial charge in [0.2, 0.25) is 10.3 Å². The molecular formula is C22H26N6OS. The van der Waals surface area contributed by atoms with Crippen LogP contribution in [0, 0.1) is 0 Å². The van der Waals surface area contributed by atoms with Crippen molar-refractivity contribution in [2.24, 2.45) is 0 Å². The van der Waals surface area contributed by atoms with E-state index < -0.39 is 0 Å². The average Bonchev–Trinajstić information content (AvgIpc) is 3.55. The molecule has 0 N–H and O–H groups in total. The monoisotopic (exact) mass is 422 g/mol. The highest BCUT2D eigenvalue weighted by molar-refractivity contribution is 7.17. The molecule has 30 heavy (non-hydrogen) atoms. The van der Waals surface area contributed by atoms with Gasteiger partial charge in [-0.05, 0) is 30.5 Å². The fourth-order valence-corrected chi connectivity index (χ4v) is 5.07. The molecule has 5 rings (SSSR count). The molecule has 2 aromatic heterocycles. The first-order valence-electron chi connectivity index (χ1n) is 10.6. The molecule has 0 aliphatic carbocycles. The Kier molecular flexibility index (Phi) is 5.50. The molecule has 0 unspecified atom stereocenters. The summed E-state index contributed by atoms with van der Waals surface area (Å²) in [6, 6.07) is 14.3. The van der Waals surface area contributed by atoms with E-state index in [1.165, 1.54) is 18.4 Å². The van der Waals surface area contributed by atoms with Crippen LogP contribution in [0.3, 0.4) is 0 Å². The highest BCUT2D eigenvalue weighted by Crippen LogP contribution is 2.27. The quantitative estimate of drug-likeness (QED) is 0.633. The second-order valence-corrected chi connectivity index (χ2v) is 8.81. The van der Waals surface area contributed by atoms with Crippen molar-refractivity contribution in [2.45, 2.75) is 19.4 Å². The lowest BCUT2D eigenvalue weighted by Gasteiger charge is -2.34. The first kappa shape index (κ1) is 19.3. The van der Waals surface area contributed by atoms with E-state index in [0.29, 0.717) is 5.69 Å². The third-order valence-electron chi connectivity index (χ3n) is 5.86. The second kappa shape index (κ2) is 8.57. The van der Waals surface area contributed by atoms with Crippen molar-refractivity contribution in [3.63, 3.8) is 0 Å². The van der Waals surface area contributed by atoms with Crippen LogP contribution in [0.2, 0.25) is 0 Å².